The molecule has 0 aliphatic carbocycles. The maximum absolute atomic E-state index is 11.8. The number of likely N-dealkylation sites (tertiary alicyclic amines) is 1. The summed E-state index contributed by atoms with van der Waals surface area (Å²) >= 11 is 0. The fraction of sp³-hybridized carbons (Fsp3) is 0.714. The van der Waals surface area contributed by atoms with Gasteiger partial charge in [-0.1, -0.05) is 18.9 Å². The summed E-state index contributed by atoms with van der Waals surface area (Å²) in [6.07, 6.45) is 7.93. The molecule has 0 radical (unpaired) electrons. The highest BCUT2D eigenvalue weighted by Crippen LogP contribution is 2.16. The molecule has 0 aromatic rings. The van der Waals surface area contributed by atoms with E-state index in [4.69, 9.17) is 5.11 Å². The summed E-state index contributed by atoms with van der Waals surface area (Å²) in [6.45, 7) is 5.22. The maximum atomic E-state index is 11.8. The number of aliphatic carboxylic acids is 1. The molecule has 1 heterocycles. The molecule has 19 heavy (non-hydrogen) atoms. The Morgan fingerprint density at radius 1 is 1.32 bits per heavy atom. The van der Waals surface area contributed by atoms with Crippen molar-refractivity contribution in [3.05, 3.63) is 12.7 Å². The van der Waals surface area contributed by atoms with Gasteiger partial charge >= 0.3 is 12.0 Å². The standard InChI is InChI=1S/C14H24N2O3/c1-2-3-4-5-6-7-9-15-14(19)16-10-8-12(11-16)13(17)18/h2,12H,1,3-11H2,(H,15,19)(H,17,18). The third-order valence-corrected chi connectivity index (χ3v) is 3.44. The van der Waals surface area contributed by atoms with E-state index >= 15 is 0 Å². The zero-order chi connectivity index (χ0) is 14.1. The number of hydrogen-bond acceptors (Lipinski definition) is 2. The highest BCUT2D eigenvalue weighted by molar-refractivity contribution is 5.77. The maximum Gasteiger partial charge on any atom is 0.317 e. The molecule has 1 unspecified atom stereocenters. The smallest absolute Gasteiger partial charge is 0.317 e. The molecule has 5 nitrogen and oxygen atoms in total. The summed E-state index contributed by atoms with van der Waals surface area (Å²) in [7, 11) is 0. The fourth-order valence-electron chi connectivity index (χ4n) is 2.22. The lowest BCUT2D eigenvalue weighted by Crippen LogP contribution is -2.39. The first-order chi connectivity index (χ1) is 9.15. The predicted octanol–water partition coefficient (Wildman–Crippen LogP) is 2.24. The molecule has 1 aliphatic heterocycles. The van der Waals surface area contributed by atoms with Crippen molar-refractivity contribution in [3.63, 3.8) is 0 Å². The second-order valence-electron chi connectivity index (χ2n) is 4.99. The molecule has 1 saturated heterocycles. The van der Waals surface area contributed by atoms with Crippen LogP contribution in [0.25, 0.3) is 0 Å². The molecule has 0 bridgehead atoms. The van der Waals surface area contributed by atoms with Crippen LogP contribution in [0, 0.1) is 5.92 Å². The van der Waals surface area contributed by atoms with E-state index in [9.17, 15) is 9.59 Å². The first-order valence-electron chi connectivity index (χ1n) is 7.01. The molecule has 1 fully saturated rings. The van der Waals surface area contributed by atoms with Crippen molar-refractivity contribution in [3.8, 4) is 0 Å². The molecule has 0 saturated carbocycles. The number of allylic oxidation sites excluding steroid dienone is 1. The molecule has 1 atom stereocenters. The zero-order valence-corrected chi connectivity index (χ0v) is 11.4. The van der Waals surface area contributed by atoms with Gasteiger partial charge in [0.05, 0.1) is 5.92 Å². The van der Waals surface area contributed by atoms with E-state index in [-0.39, 0.29) is 6.03 Å². The largest absolute Gasteiger partial charge is 0.481 e. The molecular formula is C14H24N2O3. The monoisotopic (exact) mass is 268 g/mol. The summed E-state index contributed by atoms with van der Waals surface area (Å²) in [5, 5.41) is 11.7. The average molecular weight is 268 g/mol. The number of nitrogens with zero attached hydrogens (tertiary/aromatic N) is 1. The van der Waals surface area contributed by atoms with Crippen LogP contribution in [0.4, 0.5) is 4.79 Å². The van der Waals surface area contributed by atoms with E-state index < -0.39 is 11.9 Å². The molecule has 0 aromatic carbocycles. The third-order valence-electron chi connectivity index (χ3n) is 3.44. The Kier molecular flexibility index (Phi) is 7.00. The number of rotatable bonds is 8. The van der Waals surface area contributed by atoms with Crippen molar-refractivity contribution in [1.29, 1.82) is 0 Å². The zero-order valence-electron chi connectivity index (χ0n) is 11.4. The Morgan fingerprint density at radius 2 is 2.05 bits per heavy atom. The van der Waals surface area contributed by atoms with Gasteiger partial charge in [0.25, 0.3) is 0 Å². The van der Waals surface area contributed by atoms with E-state index in [1.807, 2.05) is 6.08 Å². The van der Waals surface area contributed by atoms with Gasteiger partial charge in [-0.25, -0.2) is 4.79 Å². The third kappa shape index (κ3) is 5.77. The van der Waals surface area contributed by atoms with E-state index in [1.165, 1.54) is 0 Å². The van der Waals surface area contributed by atoms with Crippen LogP contribution in [0.1, 0.15) is 38.5 Å². The highest BCUT2D eigenvalue weighted by atomic mass is 16.4. The molecule has 2 amide bonds. The van der Waals surface area contributed by atoms with Crippen LogP contribution < -0.4 is 5.32 Å². The highest BCUT2D eigenvalue weighted by Gasteiger charge is 2.30. The van der Waals surface area contributed by atoms with Crippen LogP contribution in [-0.2, 0) is 4.79 Å². The summed E-state index contributed by atoms with van der Waals surface area (Å²) in [6, 6.07) is -0.130. The van der Waals surface area contributed by atoms with Crippen molar-refractivity contribution in [2.75, 3.05) is 19.6 Å². The lowest BCUT2D eigenvalue weighted by Gasteiger charge is -2.16. The van der Waals surface area contributed by atoms with Gasteiger partial charge in [0, 0.05) is 19.6 Å². The number of amides is 2. The Labute approximate surface area is 114 Å². The molecule has 0 spiro atoms. The van der Waals surface area contributed by atoms with Gasteiger partial charge in [-0.2, -0.15) is 0 Å². The minimum atomic E-state index is -0.808. The van der Waals surface area contributed by atoms with Gasteiger partial charge in [0.1, 0.15) is 0 Å². The Morgan fingerprint density at radius 3 is 2.68 bits per heavy atom. The van der Waals surface area contributed by atoms with Gasteiger partial charge in [-0.3, -0.25) is 4.79 Å². The molecule has 1 rings (SSSR count). The van der Waals surface area contributed by atoms with Crippen LogP contribution in [0.3, 0.4) is 0 Å². The van der Waals surface area contributed by atoms with Gasteiger partial charge in [0.2, 0.25) is 0 Å². The number of urea groups is 1. The van der Waals surface area contributed by atoms with Gasteiger partial charge < -0.3 is 15.3 Å². The SMILES string of the molecule is C=CCCCCCCNC(=O)N1CCC(C(=O)O)C1. The van der Waals surface area contributed by atoms with E-state index in [0.29, 0.717) is 26.1 Å². The second kappa shape index (κ2) is 8.56. The second-order valence-corrected chi connectivity index (χ2v) is 4.99. The number of carboxylic acid groups (broad SMARTS) is 1. The van der Waals surface area contributed by atoms with Crippen LogP contribution in [-0.4, -0.2) is 41.6 Å². The summed E-state index contributed by atoms with van der Waals surface area (Å²) in [5.74, 6) is -1.21. The first kappa shape index (κ1) is 15.5. The predicted molar refractivity (Wildman–Crippen MR) is 74.0 cm³/mol. The first-order valence-corrected chi connectivity index (χ1v) is 7.01. The van der Waals surface area contributed by atoms with Crippen molar-refractivity contribution in [1.82, 2.24) is 10.2 Å². The van der Waals surface area contributed by atoms with Crippen LogP contribution in [0.15, 0.2) is 12.7 Å². The van der Waals surface area contributed by atoms with Crippen molar-refractivity contribution >= 4 is 12.0 Å². The van der Waals surface area contributed by atoms with Crippen LogP contribution in [0.5, 0.6) is 0 Å². The van der Waals surface area contributed by atoms with Crippen LogP contribution in [0.2, 0.25) is 0 Å². The number of carbonyl (C=O) groups excluding carboxylic acids is 1. The van der Waals surface area contributed by atoms with Crippen LogP contribution >= 0.6 is 0 Å². The molecule has 108 valence electrons. The number of carbonyl (C=O) groups is 2. The average Bonchev–Trinajstić information content (AvgIpc) is 2.87. The van der Waals surface area contributed by atoms with E-state index in [2.05, 4.69) is 11.9 Å². The molecule has 2 N–H and O–H groups in total. The summed E-state index contributed by atoms with van der Waals surface area (Å²) < 4.78 is 0. The van der Waals surface area contributed by atoms with Gasteiger partial charge in [-0.05, 0) is 25.7 Å². The van der Waals surface area contributed by atoms with E-state index in [1.54, 1.807) is 4.90 Å². The van der Waals surface area contributed by atoms with Gasteiger partial charge in [0.15, 0.2) is 0 Å². The number of nitrogens with one attached hydrogen (secondary N) is 1. The minimum Gasteiger partial charge on any atom is -0.481 e. The molecule has 5 heteroatoms. The minimum absolute atomic E-state index is 0.130. The lowest BCUT2D eigenvalue weighted by molar-refractivity contribution is -0.141. The topological polar surface area (TPSA) is 69.6 Å². The quantitative estimate of drug-likeness (QED) is 0.524. The number of unbranched alkanes of at least 4 members (excludes halogenated alkanes) is 4. The summed E-state index contributed by atoms with van der Waals surface area (Å²) in [5.41, 5.74) is 0. The Hall–Kier alpha value is -1.52. The Balaban J connectivity index is 2.05. The van der Waals surface area contributed by atoms with E-state index in [0.717, 1.165) is 32.1 Å². The fourth-order valence-corrected chi connectivity index (χ4v) is 2.22. The Bertz CT molecular complexity index is 318. The van der Waals surface area contributed by atoms with Gasteiger partial charge in [-0.15, -0.1) is 6.58 Å². The summed E-state index contributed by atoms with van der Waals surface area (Å²) in [4.78, 5) is 24.1. The molecule has 1 aliphatic rings. The van der Waals surface area contributed by atoms with Crippen molar-refractivity contribution in [2.45, 2.75) is 38.5 Å². The normalized spacial score (nSPS) is 18.3. The van der Waals surface area contributed by atoms with Crippen molar-refractivity contribution in [2.24, 2.45) is 5.92 Å². The number of carboxylic acids is 1. The van der Waals surface area contributed by atoms with Crippen molar-refractivity contribution < 1.29 is 14.7 Å². The number of hydrogen-bond donors (Lipinski definition) is 2. The molecular weight excluding hydrogens is 244 g/mol. The lowest BCUT2D eigenvalue weighted by atomic mass is 10.1. The molecule has 0 aromatic heterocycles.